The Morgan fingerprint density at radius 3 is 2.61 bits per heavy atom. The number of hydrogen-bond donors (Lipinski definition) is 4. The van der Waals surface area contributed by atoms with E-state index in [9.17, 15) is 4.79 Å². The van der Waals surface area contributed by atoms with Crippen molar-refractivity contribution in [1.29, 1.82) is 0 Å². The lowest BCUT2D eigenvalue weighted by molar-refractivity contribution is 0.102. The highest BCUT2D eigenvalue weighted by molar-refractivity contribution is 6.11. The number of para-hydroxylation sites is 1. The normalized spacial score (nSPS) is 11.4. The van der Waals surface area contributed by atoms with Gasteiger partial charge in [0.15, 0.2) is 0 Å². The number of anilines is 4. The molecule has 0 bridgehead atoms. The van der Waals surface area contributed by atoms with Gasteiger partial charge >= 0.3 is 0 Å². The Bertz CT molecular complexity index is 1530. The number of aromatic amines is 2. The van der Waals surface area contributed by atoms with Crippen molar-refractivity contribution >= 4 is 50.9 Å². The van der Waals surface area contributed by atoms with Crippen molar-refractivity contribution in [2.24, 2.45) is 0 Å². The first kappa shape index (κ1) is 23.4. The molecule has 8 heteroatoms. The van der Waals surface area contributed by atoms with Crippen LogP contribution in [0, 0.1) is 0 Å². The van der Waals surface area contributed by atoms with Gasteiger partial charge in [0.2, 0.25) is 5.95 Å². The molecule has 0 aliphatic carbocycles. The van der Waals surface area contributed by atoms with Crippen molar-refractivity contribution in [2.45, 2.75) is 33.6 Å². The van der Waals surface area contributed by atoms with E-state index in [0.29, 0.717) is 23.1 Å². The molecule has 0 aliphatic heterocycles. The quantitative estimate of drug-likeness (QED) is 0.205. The molecule has 3 aromatic carbocycles. The summed E-state index contributed by atoms with van der Waals surface area (Å²) < 4.78 is 0. The number of nitrogens with zero attached hydrogens (tertiary/aromatic N) is 3. The van der Waals surface area contributed by atoms with Crippen molar-refractivity contribution in [1.82, 2.24) is 20.2 Å². The summed E-state index contributed by atoms with van der Waals surface area (Å²) in [5.74, 6) is 0.849. The molecule has 0 atom stereocenters. The third-order valence-electron chi connectivity index (χ3n) is 6.48. The van der Waals surface area contributed by atoms with E-state index in [4.69, 9.17) is 4.98 Å². The third kappa shape index (κ3) is 4.49. The van der Waals surface area contributed by atoms with Crippen molar-refractivity contribution in [3.05, 3.63) is 71.9 Å². The average molecular weight is 482 g/mol. The van der Waals surface area contributed by atoms with E-state index in [1.807, 2.05) is 42.5 Å². The molecular formula is C28H31N7O. The average Bonchev–Trinajstić information content (AvgIpc) is 3.50. The first-order chi connectivity index (χ1) is 17.5. The Morgan fingerprint density at radius 1 is 1.03 bits per heavy atom. The smallest absolute Gasteiger partial charge is 0.257 e. The number of imidazole rings is 1. The Labute approximate surface area is 210 Å². The van der Waals surface area contributed by atoms with Crippen LogP contribution in [0.3, 0.4) is 0 Å². The second-order valence-electron chi connectivity index (χ2n) is 9.14. The zero-order chi connectivity index (χ0) is 25.2. The lowest BCUT2D eigenvalue weighted by atomic mass is 10.0. The first-order valence-electron chi connectivity index (χ1n) is 12.4. The fourth-order valence-electron chi connectivity index (χ4n) is 4.57. The van der Waals surface area contributed by atoms with Crippen molar-refractivity contribution in [3.63, 3.8) is 0 Å². The van der Waals surface area contributed by atoms with E-state index in [1.54, 1.807) is 6.20 Å². The molecule has 2 heterocycles. The van der Waals surface area contributed by atoms with Gasteiger partial charge in [0.1, 0.15) is 0 Å². The van der Waals surface area contributed by atoms with Gasteiger partial charge in [-0.25, -0.2) is 4.98 Å². The lowest BCUT2D eigenvalue weighted by Crippen LogP contribution is -2.25. The Morgan fingerprint density at radius 2 is 1.83 bits per heavy atom. The highest BCUT2D eigenvalue weighted by atomic mass is 16.1. The molecule has 0 saturated carbocycles. The van der Waals surface area contributed by atoms with E-state index < -0.39 is 0 Å². The number of hydrogen-bond acceptors (Lipinski definition) is 5. The van der Waals surface area contributed by atoms with E-state index in [0.717, 1.165) is 46.4 Å². The number of benzene rings is 3. The van der Waals surface area contributed by atoms with E-state index in [-0.39, 0.29) is 5.91 Å². The molecule has 0 aliphatic rings. The molecule has 1 amide bonds. The third-order valence-corrected chi connectivity index (χ3v) is 6.48. The second-order valence-corrected chi connectivity index (χ2v) is 9.14. The van der Waals surface area contributed by atoms with E-state index in [1.165, 1.54) is 5.56 Å². The number of carbonyl (C=O) groups excluding carboxylic acids is 1. The highest BCUT2D eigenvalue weighted by Gasteiger charge is 2.19. The van der Waals surface area contributed by atoms with Gasteiger partial charge in [-0.3, -0.25) is 9.89 Å². The summed E-state index contributed by atoms with van der Waals surface area (Å²) in [4.78, 5) is 23.8. The zero-order valence-corrected chi connectivity index (χ0v) is 21.0. The summed E-state index contributed by atoms with van der Waals surface area (Å²) in [6.07, 6.45) is 1.76. The van der Waals surface area contributed by atoms with Crippen LogP contribution < -0.4 is 15.5 Å². The van der Waals surface area contributed by atoms with Crippen LogP contribution in [0.25, 0.3) is 21.9 Å². The summed E-state index contributed by atoms with van der Waals surface area (Å²) in [6.45, 7) is 10.1. The molecule has 184 valence electrons. The van der Waals surface area contributed by atoms with E-state index in [2.05, 4.69) is 70.5 Å². The van der Waals surface area contributed by atoms with Crippen LogP contribution in [0.15, 0.2) is 60.8 Å². The topological polar surface area (TPSA) is 102 Å². The van der Waals surface area contributed by atoms with Crippen LogP contribution in [0.5, 0.6) is 0 Å². The van der Waals surface area contributed by atoms with Gasteiger partial charge in [-0.2, -0.15) is 5.10 Å². The van der Waals surface area contributed by atoms with Crippen molar-refractivity contribution in [2.75, 3.05) is 28.6 Å². The maximum absolute atomic E-state index is 13.5. The maximum Gasteiger partial charge on any atom is 0.257 e. The molecule has 0 fully saturated rings. The fraction of sp³-hybridized carbons (Fsp3) is 0.250. The van der Waals surface area contributed by atoms with Gasteiger partial charge in [0.05, 0.1) is 34.0 Å². The molecule has 0 radical (unpaired) electrons. The van der Waals surface area contributed by atoms with Crippen LogP contribution in [0.2, 0.25) is 0 Å². The molecule has 5 aromatic rings. The molecule has 0 spiro atoms. The largest absolute Gasteiger partial charge is 0.371 e. The summed E-state index contributed by atoms with van der Waals surface area (Å²) >= 11 is 0. The Kier molecular flexibility index (Phi) is 6.33. The molecule has 4 N–H and O–H groups in total. The van der Waals surface area contributed by atoms with Crippen LogP contribution in [0.4, 0.5) is 23.0 Å². The minimum absolute atomic E-state index is 0.174. The van der Waals surface area contributed by atoms with Crippen LogP contribution in [0.1, 0.15) is 49.5 Å². The monoisotopic (exact) mass is 481 g/mol. The number of rotatable bonds is 8. The van der Waals surface area contributed by atoms with Crippen molar-refractivity contribution < 1.29 is 4.79 Å². The number of amides is 1. The highest BCUT2D eigenvalue weighted by Crippen LogP contribution is 2.31. The fourth-order valence-corrected chi connectivity index (χ4v) is 4.57. The summed E-state index contributed by atoms with van der Waals surface area (Å²) in [5.41, 5.74) is 6.86. The summed E-state index contributed by atoms with van der Waals surface area (Å²) in [6, 6.07) is 17.8. The molecule has 0 unspecified atom stereocenters. The van der Waals surface area contributed by atoms with Crippen LogP contribution >= 0.6 is 0 Å². The molecule has 36 heavy (non-hydrogen) atoms. The van der Waals surface area contributed by atoms with Gasteiger partial charge < -0.3 is 20.5 Å². The number of nitrogens with one attached hydrogen (secondary N) is 4. The van der Waals surface area contributed by atoms with Crippen LogP contribution in [-0.4, -0.2) is 39.2 Å². The van der Waals surface area contributed by atoms with Gasteiger partial charge in [-0.05, 0) is 61.7 Å². The molecule has 8 nitrogen and oxygen atoms in total. The van der Waals surface area contributed by atoms with Crippen LogP contribution in [-0.2, 0) is 0 Å². The minimum atomic E-state index is -0.174. The number of H-pyrrole nitrogens is 2. The van der Waals surface area contributed by atoms with Gasteiger partial charge in [-0.1, -0.05) is 32.0 Å². The second kappa shape index (κ2) is 9.73. The lowest BCUT2D eigenvalue weighted by Gasteiger charge is -2.23. The SMILES string of the molecule is CCN(CC)c1cc2nc(Nc3ccccc3C(C)C)[nH]c2cc1C(=O)Nc1ccc2cn[nH]c2c1. The minimum Gasteiger partial charge on any atom is -0.371 e. The van der Waals surface area contributed by atoms with E-state index >= 15 is 0 Å². The predicted molar refractivity (Wildman–Crippen MR) is 148 cm³/mol. The number of aromatic nitrogens is 4. The zero-order valence-electron chi connectivity index (χ0n) is 21.0. The summed E-state index contributed by atoms with van der Waals surface area (Å²) in [7, 11) is 0. The Balaban J connectivity index is 1.51. The molecule has 5 rings (SSSR count). The number of fused-ring (bicyclic) bond motifs is 2. The van der Waals surface area contributed by atoms with Gasteiger partial charge in [-0.15, -0.1) is 0 Å². The predicted octanol–water partition coefficient (Wildman–Crippen LogP) is 6.40. The van der Waals surface area contributed by atoms with Gasteiger partial charge in [0, 0.05) is 29.9 Å². The van der Waals surface area contributed by atoms with Gasteiger partial charge in [0.25, 0.3) is 5.91 Å². The molecule has 2 aromatic heterocycles. The number of carbonyl (C=O) groups is 1. The first-order valence-corrected chi connectivity index (χ1v) is 12.4. The van der Waals surface area contributed by atoms with Crippen molar-refractivity contribution in [3.8, 4) is 0 Å². The maximum atomic E-state index is 13.5. The summed E-state index contributed by atoms with van der Waals surface area (Å²) in [5, 5.41) is 14.5. The molecular weight excluding hydrogens is 450 g/mol. The Hall–Kier alpha value is -4.33. The standard InChI is InChI=1S/C28H31N7O/c1-5-35(6-2)26-15-25-24(32-28(33-25)31-22-10-8-7-9-20(22)17(3)4)14-21(26)27(36)30-19-12-11-18-16-29-34-23(18)13-19/h7-17H,5-6H2,1-4H3,(H,29,34)(H,30,36)(H2,31,32,33). The molecule has 0 saturated heterocycles.